The Bertz CT molecular complexity index is 170. The molecule has 0 atom stereocenters. The van der Waals surface area contributed by atoms with E-state index in [2.05, 4.69) is 13.8 Å². The van der Waals surface area contributed by atoms with Gasteiger partial charge in [-0.05, 0) is 0 Å². The van der Waals surface area contributed by atoms with Gasteiger partial charge in [-0.3, -0.25) is 0 Å². The van der Waals surface area contributed by atoms with Gasteiger partial charge in [0.25, 0.3) is 0 Å². The number of rotatable bonds is 20. The van der Waals surface area contributed by atoms with Crippen LogP contribution in [0.4, 0.5) is 0 Å². The monoisotopic (exact) mass is 354 g/mol. The van der Waals surface area contributed by atoms with Crippen LogP contribution in [0, 0.1) is 0 Å². The van der Waals surface area contributed by atoms with Crippen LogP contribution in [0.1, 0.15) is 149 Å². The minimum Gasteiger partial charge on any atom is -0.0654 e. The SMILES string of the molecule is CCCCCCCCCCCCCCCCCCCCCCC.[AlH3]. The zero-order valence-corrected chi connectivity index (χ0v) is 16.8. The first kappa shape index (κ1) is 26.8. The summed E-state index contributed by atoms with van der Waals surface area (Å²) in [4.78, 5) is 0. The maximum absolute atomic E-state index is 2.30. The predicted octanol–water partition coefficient (Wildman–Crippen LogP) is 8.03. The highest BCUT2D eigenvalue weighted by Gasteiger charge is 1.95. The zero-order chi connectivity index (χ0) is 16.8. The molecule has 0 nitrogen and oxygen atoms in total. The molecule has 0 aromatic carbocycles. The first-order valence-electron chi connectivity index (χ1n) is 11.4. The van der Waals surface area contributed by atoms with Gasteiger partial charge >= 0.3 is 0 Å². The third-order valence-electron chi connectivity index (χ3n) is 5.21. The summed E-state index contributed by atoms with van der Waals surface area (Å²) >= 11 is 0. The zero-order valence-electron chi connectivity index (χ0n) is 16.8. The van der Waals surface area contributed by atoms with Crippen molar-refractivity contribution in [3.63, 3.8) is 0 Å². The molecule has 0 unspecified atom stereocenters. The van der Waals surface area contributed by atoms with Gasteiger partial charge in [0, 0.05) is 0 Å². The largest absolute Gasteiger partial charge is 0.187 e. The lowest BCUT2D eigenvalue weighted by atomic mass is 10.0. The molecule has 0 saturated heterocycles. The number of unbranched alkanes of at least 4 members (excludes halogenated alkanes) is 20. The van der Waals surface area contributed by atoms with E-state index in [1.807, 2.05) is 0 Å². The summed E-state index contributed by atoms with van der Waals surface area (Å²) in [7, 11) is 0. The van der Waals surface area contributed by atoms with Crippen molar-refractivity contribution in [1.82, 2.24) is 0 Å². The lowest BCUT2D eigenvalue weighted by Crippen LogP contribution is -1.84. The Balaban J connectivity index is 0. The highest BCUT2D eigenvalue weighted by atomic mass is 27.0. The smallest absolute Gasteiger partial charge is 0.0654 e. The van der Waals surface area contributed by atoms with E-state index in [1.165, 1.54) is 135 Å². The highest BCUT2D eigenvalue weighted by molar-refractivity contribution is 5.75. The van der Waals surface area contributed by atoms with E-state index >= 15 is 0 Å². The molecule has 24 heavy (non-hydrogen) atoms. The summed E-state index contributed by atoms with van der Waals surface area (Å²) in [5, 5.41) is 0. The Kier molecular flexibility index (Phi) is 28.7. The van der Waals surface area contributed by atoms with E-state index in [0.717, 1.165) is 0 Å². The van der Waals surface area contributed by atoms with Crippen molar-refractivity contribution in [2.75, 3.05) is 0 Å². The summed E-state index contributed by atoms with van der Waals surface area (Å²) in [5.74, 6) is 0. The lowest BCUT2D eigenvalue weighted by Gasteiger charge is -2.04. The topological polar surface area (TPSA) is 0 Å². The van der Waals surface area contributed by atoms with Crippen molar-refractivity contribution in [3.8, 4) is 0 Å². The third kappa shape index (κ3) is 24.8. The molecule has 1 heteroatoms. The van der Waals surface area contributed by atoms with Gasteiger partial charge in [-0.25, -0.2) is 0 Å². The van der Waals surface area contributed by atoms with Crippen LogP contribution in [0.2, 0.25) is 0 Å². The Labute approximate surface area is 166 Å². The van der Waals surface area contributed by atoms with Crippen molar-refractivity contribution in [3.05, 3.63) is 0 Å². The molecule has 0 aromatic rings. The standard InChI is InChI=1S/C23H48.Al.3H/c1-3-5-7-9-11-13-15-17-19-21-23-22-20-18-16-14-12-10-8-6-4-2;;;;/h3-23H2,1-2H3;;;;. The van der Waals surface area contributed by atoms with Crippen LogP contribution in [-0.2, 0) is 0 Å². The second kappa shape index (κ2) is 25.8. The van der Waals surface area contributed by atoms with Crippen LogP contribution in [0.5, 0.6) is 0 Å². The summed E-state index contributed by atoms with van der Waals surface area (Å²) in [5.41, 5.74) is 0. The van der Waals surface area contributed by atoms with Gasteiger partial charge < -0.3 is 0 Å². The van der Waals surface area contributed by atoms with E-state index in [4.69, 9.17) is 0 Å². The molecule has 0 aliphatic carbocycles. The molecule has 146 valence electrons. The van der Waals surface area contributed by atoms with Crippen LogP contribution in [0.15, 0.2) is 0 Å². The van der Waals surface area contributed by atoms with Crippen molar-refractivity contribution in [2.24, 2.45) is 0 Å². The molecule has 0 fully saturated rings. The van der Waals surface area contributed by atoms with Gasteiger partial charge in [0.15, 0.2) is 17.4 Å². The second-order valence-corrected chi connectivity index (χ2v) is 7.72. The van der Waals surface area contributed by atoms with Crippen LogP contribution < -0.4 is 0 Å². The molecule has 0 aromatic heterocycles. The molecule has 0 aliphatic heterocycles. The molecule has 0 spiro atoms. The Hall–Kier alpha value is 0.532. The molecular formula is C23H51Al. The van der Waals surface area contributed by atoms with Crippen molar-refractivity contribution < 1.29 is 0 Å². The van der Waals surface area contributed by atoms with Gasteiger partial charge in [0.1, 0.15) is 0 Å². The van der Waals surface area contributed by atoms with Crippen LogP contribution in [0.25, 0.3) is 0 Å². The third-order valence-corrected chi connectivity index (χ3v) is 5.21. The lowest BCUT2D eigenvalue weighted by molar-refractivity contribution is 0.521. The molecule has 0 saturated carbocycles. The first-order valence-corrected chi connectivity index (χ1v) is 11.4. The van der Waals surface area contributed by atoms with E-state index in [9.17, 15) is 0 Å². The molecule has 0 aliphatic rings. The van der Waals surface area contributed by atoms with Crippen LogP contribution >= 0.6 is 0 Å². The van der Waals surface area contributed by atoms with E-state index in [-0.39, 0.29) is 17.4 Å². The number of hydrogen-bond acceptors (Lipinski definition) is 0. The minimum absolute atomic E-state index is 0. The summed E-state index contributed by atoms with van der Waals surface area (Å²) in [6.45, 7) is 4.60. The van der Waals surface area contributed by atoms with Crippen molar-refractivity contribution in [2.45, 2.75) is 149 Å². The first-order chi connectivity index (χ1) is 11.4. The minimum atomic E-state index is 0. The Morgan fingerprint density at radius 2 is 0.375 bits per heavy atom. The van der Waals surface area contributed by atoms with Gasteiger partial charge in [-0.2, -0.15) is 0 Å². The average molecular weight is 355 g/mol. The maximum Gasteiger partial charge on any atom is 0.187 e. The fourth-order valence-electron chi connectivity index (χ4n) is 3.51. The van der Waals surface area contributed by atoms with Crippen LogP contribution in [0.3, 0.4) is 0 Å². The van der Waals surface area contributed by atoms with Crippen molar-refractivity contribution >= 4 is 17.4 Å². The van der Waals surface area contributed by atoms with Crippen LogP contribution in [-0.4, -0.2) is 17.4 Å². The van der Waals surface area contributed by atoms with Gasteiger partial charge in [0.05, 0.1) is 0 Å². The fourth-order valence-corrected chi connectivity index (χ4v) is 3.51. The van der Waals surface area contributed by atoms with Crippen molar-refractivity contribution in [1.29, 1.82) is 0 Å². The predicted molar refractivity (Wildman–Crippen MR) is 118 cm³/mol. The molecular weight excluding hydrogens is 303 g/mol. The molecule has 0 heterocycles. The Morgan fingerprint density at radius 3 is 0.500 bits per heavy atom. The average Bonchev–Trinajstić information content (AvgIpc) is 2.57. The Morgan fingerprint density at radius 1 is 0.250 bits per heavy atom. The molecule has 0 radical (unpaired) electrons. The molecule has 0 rings (SSSR count). The second-order valence-electron chi connectivity index (χ2n) is 7.72. The quantitative estimate of drug-likeness (QED) is 0.153. The highest BCUT2D eigenvalue weighted by Crippen LogP contribution is 2.14. The number of hydrogen-bond donors (Lipinski definition) is 0. The fraction of sp³-hybridized carbons (Fsp3) is 1.00. The molecule has 0 bridgehead atoms. The maximum atomic E-state index is 2.30. The van der Waals surface area contributed by atoms with Gasteiger partial charge in [-0.1, -0.05) is 149 Å². The van der Waals surface area contributed by atoms with Gasteiger partial charge in [0.2, 0.25) is 0 Å². The van der Waals surface area contributed by atoms with E-state index in [1.54, 1.807) is 0 Å². The molecule has 0 N–H and O–H groups in total. The van der Waals surface area contributed by atoms with E-state index < -0.39 is 0 Å². The summed E-state index contributed by atoms with van der Waals surface area (Å²) in [6, 6.07) is 0. The van der Waals surface area contributed by atoms with E-state index in [0.29, 0.717) is 0 Å². The summed E-state index contributed by atoms with van der Waals surface area (Å²) in [6.07, 6.45) is 30.9. The molecule has 0 amide bonds. The summed E-state index contributed by atoms with van der Waals surface area (Å²) < 4.78 is 0. The normalized spacial score (nSPS) is 10.8. The van der Waals surface area contributed by atoms with Gasteiger partial charge in [-0.15, -0.1) is 0 Å².